The van der Waals surface area contributed by atoms with E-state index >= 15 is 0 Å². The molecule has 0 aliphatic rings. The molecule has 1 N–H and O–H groups in total. The van der Waals surface area contributed by atoms with Crippen LogP contribution in [0.25, 0.3) is 28.3 Å². The fourth-order valence-electron chi connectivity index (χ4n) is 3.59. The molecule has 9 nitrogen and oxygen atoms in total. The van der Waals surface area contributed by atoms with Gasteiger partial charge in [-0.15, -0.1) is 10.2 Å². The number of fused-ring (bicyclic) bond motifs is 1. The molecular formula is C24H20N6O3S. The Morgan fingerprint density at radius 2 is 1.79 bits per heavy atom. The Labute approximate surface area is 196 Å². The van der Waals surface area contributed by atoms with Gasteiger partial charge in [0.1, 0.15) is 5.75 Å². The highest BCUT2D eigenvalue weighted by Crippen LogP contribution is 2.26. The molecule has 34 heavy (non-hydrogen) atoms. The minimum absolute atomic E-state index is 0.154. The molecule has 3 aromatic heterocycles. The minimum atomic E-state index is -3.79. The molecule has 0 atom stereocenters. The molecule has 3 heterocycles. The van der Waals surface area contributed by atoms with Gasteiger partial charge in [0.2, 0.25) is 0 Å². The molecule has 170 valence electrons. The molecule has 0 spiro atoms. The van der Waals surface area contributed by atoms with Crippen molar-refractivity contribution in [1.82, 2.24) is 24.8 Å². The first-order valence-corrected chi connectivity index (χ1v) is 11.8. The van der Waals surface area contributed by atoms with Crippen LogP contribution in [0.2, 0.25) is 0 Å². The van der Waals surface area contributed by atoms with Gasteiger partial charge in [0.15, 0.2) is 11.5 Å². The summed E-state index contributed by atoms with van der Waals surface area (Å²) in [5.41, 5.74) is 3.90. The molecule has 0 saturated heterocycles. The fraction of sp³-hybridized carbons (Fsp3) is 0.0833. The van der Waals surface area contributed by atoms with E-state index in [0.717, 1.165) is 16.7 Å². The van der Waals surface area contributed by atoms with Crippen LogP contribution < -0.4 is 9.46 Å². The highest BCUT2D eigenvalue weighted by atomic mass is 32.2. The van der Waals surface area contributed by atoms with Crippen LogP contribution in [0.3, 0.4) is 0 Å². The molecule has 10 heteroatoms. The lowest BCUT2D eigenvalue weighted by atomic mass is 10.1. The van der Waals surface area contributed by atoms with Crippen molar-refractivity contribution in [2.24, 2.45) is 0 Å². The van der Waals surface area contributed by atoms with E-state index in [2.05, 4.69) is 25.0 Å². The molecule has 0 amide bonds. The van der Waals surface area contributed by atoms with Gasteiger partial charge in [0, 0.05) is 29.2 Å². The monoisotopic (exact) mass is 472 g/mol. The number of anilines is 1. The lowest BCUT2D eigenvalue weighted by Crippen LogP contribution is -2.13. The third kappa shape index (κ3) is 4.06. The maximum atomic E-state index is 12.9. The van der Waals surface area contributed by atoms with E-state index in [1.807, 2.05) is 30.3 Å². The van der Waals surface area contributed by atoms with Crippen LogP contribution in [0.5, 0.6) is 5.75 Å². The highest BCUT2D eigenvalue weighted by Gasteiger charge is 2.17. The van der Waals surface area contributed by atoms with Crippen molar-refractivity contribution in [3.05, 3.63) is 84.7 Å². The summed E-state index contributed by atoms with van der Waals surface area (Å²) >= 11 is 0. The number of aromatic nitrogens is 5. The molecule has 0 saturated carbocycles. The second-order valence-corrected chi connectivity index (χ2v) is 9.25. The number of nitrogens with zero attached hydrogens (tertiary/aromatic N) is 5. The number of nitrogens with one attached hydrogen (secondary N) is 1. The molecule has 0 radical (unpaired) electrons. The second kappa shape index (κ2) is 8.56. The van der Waals surface area contributed by atoms with Crippen molar-refractivity contribution in [3.8, 4) is 28.4 Å². The first kappa shape index (κ1) is 21.5. The van der Waals surface area contributed by atoms with E-state index in [4.69, 9.17) is 4.74 Å². The fourth-order valence-corrected chi connectivity index (χ4v) is 4.73. The number of rotatable bonds is 6. The average Bonchev–Trinajstić information content (AvgIpc) is 3.28. The number of aryl methyl sites for hydroxylation is 1. The van der Waals surface area contributed by atoms with Gasteiger partial charge in [-0.1, -0.05) is 12.1 Å². The van der Waals surface area contributed by atoms with E-state index in [1.54, 1.807) is 61.3 Å². The van der Waals surface area contributed by atoms with Crippen LogP contribution in [-0.4, -0.2) is 40.3 Å². The average molecular weight is 473 g/mol. The van der Waals surface area contributed by atoms with Gasteiger partial charge in [0.05, 0.1) is 17.7 Å². The molecule has 0 bridgehead atoms. The van der Waals surface area contributed by atoms with Crippen LogP contribution in [0, 0.1) is 6.92 Å². The molecule has 0 unspecified atom stereocenters. The van der Waals surface area contributed by atoms with Crippen LogP contribution in [0.15, 0.2) is 84.0 Å². The topological polar surface area (TPSA) is 111 Å². The Morgan fingerprint density at radius 1 is 0.941 bits per heavy atom. The van der Waals surface area contributed by atoms with Crippen molar-refractivity contribution < 1.29 is 13.2 Å². The van der Waals surface area contributed by atoms with Crippen molar-refractivity contribution >= 4 is 21.4 Å². The Kier molecular flexibility index (Phi) is 5.42. The van der Waals surface area contributed by atoms with E-state index in [9.17, 15) is 8.42 Å². The van der Waals surface area contributed by atoms with Gasteiger partial charge in [-0.2, -0.15) is 9.61 Å². The van der Waals surface area contributed by atoms with E-state index < -0.39 is 10.0 Å². The number of pyridine rings is 1. The predicted molar refractivity (Wildman–Crippen MR) is 128 cm³/mol. The number of sulfonamides is 1. The number of benzene rings is 2. The first-order valence-electron chi connectivity index (χ1n) is 10.4. The molecular weight excluding hydrogens is 452 g/mol. The molecule has 0 aliphatic heterocycles. The van der Waals surface area contributed by atoms with Crippen molar-refractivity contribution in [3.63, 3.8) is 0 Å². The molecule has 2 aromatic carbocycles. The number of ether oxygens (including phenoxy) is 1. The van der Waals surface area contributed by atoms with Gasteiger partial charge in [-0.3, -0.25) is 9.71 Å². The molecule has 0 fully saturated rings. The second-order valence-electron chi connectivity index (χ2n) is 7.57. The third-order valence-corrected chi connectivity index (χ3v) is 6.65. The molecule has 0 aliphatic carbocycles. The summed E-state index contributed by atoms with van der Waals surface area (Å²) in [6, 6.07) is 19.1. The molecule has 5 rings (SSSR count). The maximum absolute atomic E-state index is 12.9. The number of hydrogen-bond acceptors (Lipinski definition) is 7. The summed E-state index contributed by atoms with van der Waals surface area (Å²) in [6.45, 7) is 1.80. The maximum Gasteiger partial charge on any atom is 0.261 e. The summed E-state index contributed by atoms with van der Waals surface area (Å²) in [6.07, 6.45) is 3.38. The number of hydrogen-bond donors (Lipinski definition) is 1. The van der Waals surface area contributed by atoms with E-state index in [0.29, 0.717) is 28.6 Å². The quantitative estimate of drug-likeness (QED) is 0.398. The Bertz CT molecular complexity index is 1600. The molecule has 5 aromatic rings. The van der Waals surface area contributed by atoms with Crippen molar-refractivity contribution in [1.29, 1.82) is 0 Å². The van der Waals surface area contributed by atoms with E-state index in [-0.39, 0.29) is 4.90 Å². The zero-order valence-electron chi connectivity index (χ0n) is 18.4. The lowest BCUT2D eigenvalue weighted by Gasteiger charge is -2.11. The Morgan fingerprint density at radius 3 is 2.56 bits per heavy atom. The standard InChI is InChI=1S/C24H20N6O3S/c1-16-13-20(8-10-22(16)33-2)34(31,32)29-19-7-3-5-17(14-19)21-9-11-23-26-27-24(30(23)28-21)18-6-4-12-25-15-18/h3-15,29H,1-2H3. The minimum Gasteiger partial charge on any atom is -0.496 e. The summed E-state index contributed by atoms with van der Waals surface area (Å²) in [4.78, 5) is 4.29. The largest absolute Gasteiger partial charge is 0.496 e. The number of methoxy groups -OCH3 is 1. The first-order chi connectivity index (χ1) is 16.4. The summed E-state index contributed by atoms with van der Waals surface area (Å²) in [5.74, 6) is 1.19. The normalized spacial score (nSPS) is 11.5. The summed E-state index contributed by atoms with van der Waals surface area (Å²) < 4.78 is 35.4. The Balaban J connectivity index is 1.48. The SMILES string of the molecule is COc1ccc(S(=O)(=O)Nc2cccc(-c3ccc4nnc(-c5cccnc5)n4n3)c2)cc1C. The van der Waals surface area contributed by atoms with Crippen LogP contribution >= 0.6 is 0 Å². The van der Waals surface area contributed by atoms with Gasteiger partial charge >= 0.3 is 0 Å². The predicted octanol–water partition coefficient (Wildman–Crippen LogP) is 3.97. The van der Waals surface area contributed by atoms with Crippen LogP contribution in [0.4, 0.5) is 5.69 Å². The summed E-state index contributed by atoms with van der Waals surface area (Å²) in [5, 5.41) is 13.1. The van der Waals surface area contributed by atoms with Gasteiger partial charge in [-0.25, -0.2) is 8.42 Å². The third-order valence-electron chi connectivity index (χ3n) is 5.27. The van der Waals surface area contributed by atoms with E-state index in [1.165, 1.54) is 6.07 Å². The van der Waals surface area contributed by atoms with Crippen LogP contribution in [-0.2, 0) is 10.0 Å². The zero-order chi connectivity index (χ0) is 23.7. The van der Waals surface area contributed by atoms with Crippen molar-refractivity contribution in [2.75, 3.05) is 11.8 Å². The van der Waals surface area contributed by atoms with Gasteiger partial charge in [0.25, 0.3) is 10.0 Å². The lowest BCUT2D eigenvalue weighted by molar-refractivity contribution is 0.411. The van der Waals surface area contributed by atoms with Gasteiger partial charge < -0.3 is 4.74 Å². The van der Waals surface area contributed by atoms with Gasteiger partial charge in [-0.05, 0) is 67.1 Å². The zero-order valence-corrected chi connectivity index (χ0v) is 19.2. The smallest absolute Gasteiger partial charge is 0.261 e. The highest BCUT2D eigenvalue weighted by molar-refractivity contribution is 7.92. The Hall–Kier alpha value is -4.31. The van der Waals surface area contributed by atoms with Crippen molar-refractivity contribution in [2.45, 2.75) is 11.8 Å². The van der Waals surface area contributed by atoms with Crippen LogP contribution in [0.1, 0.15) is 5.56 Å². The summed E-state index contributed by atoms with van der Waals surface area (Å²) in [7, 11) is -2.24.